The topological polar surface area (TPSA) is 19.9 Å². The second-order valence-corrected chi connectivity index (χ2v) is 14.5. The zero-order valence-corrected chi connectivity index (χ0v) is 30.4. The molecule has 1 heterocycles. The van der Waals surface area contributed by atoms with Crippen molar-refractivity contribution < 1.29 is 5.32 Å². The molecule has 7 rings (SSSR count). The highest BCUT2D eigenvalue weighted by Crippen LogP contribution is 2.52. The Hall–Kier alpha value is -5.44. The SMILES string of the molecule is C[NH2+]c1ccc2ccccc2c1C(C)(C/C=C/C=C/C=C/C=C1/N(C)c2ccc3ccccc3c2C1(C)Cc1ccccc1)Cc1ccccc1. The first-order valence-electron chi connectivity index (χ1n) is 18.3. The van der Waals surface area contributed by atoms with Crippen LogP contribution in [0.15, 0.2) is 182 Å². The number of hydrogen-bond donors (Lipinski definition) is 1. The smallest absolute Gasteiger partial charge is 0.133 e. The molecule has 2 unspecified atom stereocenters. The lowest BCUT2D eigenvalue weighted by Crippen LogP contribution is -2.73. The maximum atomic E-state index is 2.43. The van der Waals surface area contributed by atoms with E-state index in [-0.39, 0.29) is 10.8 Å². The second kappa shape index (κ2) is 14.8. The molecule has 0 saturated carbocycles. The Kier molecular flexibility index (Phi) is 9.88. The van der Waals surface area contributed by atoms with Crippen LogP contribution in [0.3, 0.4) is 0 Å². The molecular formula is C49H49N2+. The fraction of sp³-hybridized carbons (Fsp3) is 0.184. The number of anilines is 1. The standard InChI is InChI=1S/C49H48N2/c1-48(35-37-21-11-9-12-22-37,46-41-27-18-16-25-39(41)30-32-43(46)50-3)34-20-8-6-5-7-15-29-45-49(2,36-38-23-13-10-14-24-38)47-42-28-19-17-26-40(42)31-33-44(47)51(45)4/h5-33,50H,34-36H2,1-4H3/p+1/b6-5+,15-7+,20-8+,45-29+. The molecule has 6 aromatic rings. The molecule has 0 aromatic heterocycles. The van der Waals surface area contributed by atoms with Gasteiger partial charge in [-0.05, 0) is 88.7 Å². The lowest BCUT2D eigenvalue weighted by Gasteiger charge is -2.31. The summed E-state index contributed by atoms with van der Waals surface area (Å²) in [4.78, 5) is 2.39. The van der Waals surface area contributed by atoms with E-state index in [0.717, 1.165) is 19.3 Å². The van der Waals surface area contributed by atoms with Gasteiger partial charge in [-0.25, -0.2) is 0 Å². The van der Waals surface area contributed by atoms with E-state index in [1.807, 2.05) is 0 Å². The molecule has 2 N–H and O–H groups in total. The first-order chi connectivity index (χ1) is 24.9. The molecule has 6 aromatic carbocycles. The summed E-state index contributed by atoms with van der Waals surface area (Å²) in [6, 6.07) is 48.6. The number of fused-ring (bicyclic) bond motifs is 4. The number of likely N-dealkylation sites (N-methyl/N-ethyl adjacent to an activating group) is 1. The molecule has 1 aliphatic heterocycles. The van der Waals surface area contributed by atoms with Crippen LogP contribution in [0.5, 0.6) is 0 Å². The van der Waals surface area contributed by atoms with Gasteiger partial charge in [-0.2, -0.15) is 0 Å². The highest BCUT2D eigenvalue weighted by Gasteiger charge is 2.43. The molecule has 51 heavy (non-hydrogen) atoms. The minimum Gasteiger partial charge on any atom is -0.347 e. The molecular weight excluding hydrogens is 617 g/mol. The first-order valence-corrected chi connectivity index (χ1v) is 18.3. The van der Waals surface area contributed by atoms with Crippen molar-refractivity contribution in [2.24, 2.45) is 0 Å². The van der Waals surface area contributed by atoms with Crippen LogP contribution in [0.2, 0.25) is 0 Å². The Bertz CT molecular complexity index is 2260. The third-order valence-corrected chi connectivity index (χ3v) is 10.9. The van der Waals surface area contributed by atoms with Crippen LogP contribution >= 0.6 is 0 Å². The molecule has 2 nitrogen and oxygen atoms in total. The molecule has 0 aliphatic carbocycles. The number of nitrogens with zero attached hydrogens (tertiary/aromatic N) is 1. The maximum absolute atomic E-state index is 2.43. The summed E-state index contributed by atoms with van der Waals surface area (Å²) in [5.74, 6) is 0. The molecule has 0 fully saturated rings. The normalized spacial score (nSPS) is 18.1. The van der Waals surface area contributed by atoms with Gasteiger partial charge in [-0.15, -0.1) is 0 Å². The molecule has 0 spiro atoms. The number of quaternary nitrogens is 1. The summed E-state index contributed by atoms with van der Waals surface area (Å²) in [5.41, 5.74) is 9.23. The second-order valence-electron chi connectivity index (χ2n) is 14.5. The van der Waals surface area contributed by atoms with Gasteiger partial charge in [0.1, 0.15) is 5.69 Å². The molecule has 254 valence electrons. The van der Waals surface area contributed by atoms with Crippen LogP contribution in [0.4, 0.5) is 11.4 Å². The van der Waals surface area contributed by atoms with Crippen LogP contribution in [-0.4, -0.2) is 14.1 Å². The molecule has 0 saturated heterocycles. The Labute approximate surface area is 304 Å². The Morgan fingerprint density at radius 3 is 1.96 bits per heavy atom. The monoisotopic (exact) mass is 665 g/mol. The van der Waals surface area contributed by atoms with Gasteiger partial charge in [-0.3, -0.25) is 0 Å². The first kappa shape index (κ1) is 34.0. The third kappa shape index (κ3) is 6.85. The van der Waals surface area contributed by atoms with Gasteiger partial charge < -0.3 is 10.2 Å². The van der Waals surface area contributed by atoms with E-state index in [9.17, 15) is 0 Å². The van der Waals surface area contributed by atoms with Crippen molar-refractivity contribution in [2.75, 3.05) is 19.0 Å². The van der Waals surface area contributed by atoms with Crippen LogP contribution < -0.4 is 10.2 Å². The number of nitrogens with two attached hydrogens (primary N) is 1. The zero-order chi connectivity index (χ0) is 35.3. The van der Waals surface area contributed by atoms with Gasteiger partial charge in [0.05, 0.1) is 7.05 Å². The summed E-state index contributed by atoms with van der Waals surface area (Å²) in [5, 5.41) is 7.54. The van der Waals surface area contributed by atoms with E-state index in [1.54, 1.807) is 0 Å². The molecule has 0 radical (unpaired) electrons. The van der Waals surface area contributed by atoms with Gasteiger partial charge in [0.2, 0.25) is 0 Å². The van der Waals surface area contributed by atoms with Crippen molar-refractivity contribution in [3.63, 3.8) is 0 Å². The van der Waals surface area contributed by atoms with Gasteiger partial charge in [-0.1, -0.05) is 159 Å². The number of rotatable bonds is 11. The summed E-state index contributed by atoms with van der Waals surface area (Å²) < 4.78 is 0. The van der Waals surface area contributed by atoms with Crippen LogP contribution in [0.25, 0.3) is 21.5 Å². The molecule has 2 atom stereocenters. The lowest BCUT2D eigenvalue weighted by atomic mass is 9.72. The van der Waals surface area contributed by atoms with E-state index < -0.39 is 0 Å². The van der Waals surface area contributed by atoms with Gasteiger partial charge in [0, 0.05) is 34.8 Å². The average molecular weight is 666 g/mol. The van der Waals surface area contributed by atoms with Crippen LogP contribution in [0.1, 0.15) is 42.5 Å². The van der Waals surface area contributed by atoms with Crippen molar-refractivity contribution in [2.45, 2.75) is 43.9 Å². The van der Waals surface area contributed by atoms with E-state index in [4.69, 9.17) is 0 Å². The minimum atomic E-state index is -0.167. The fourth-order valence-electron chi connectivity index (χ4n) is 8.48. The quantitative estimate of drug-likeness (QED) is 0.108. The summed E-state index contributed by atoms with van der Waals surface area (Å²) >= 11 is 0. The molecule has 0 bridgehead atoms. The number of benzene rings is 6. The molecule has 2 heteroatoms. The van der Waals surface area contributed by atoms with Crippen molar-refractivity contribution in [3.05, 3.63) is 204 Å². The van der Waals surface area contributed by atoms with Crippen molar-refractivity contribution in [1.82, 2.24) is 0 Å². The zero-order valence-electron chi connectivity index (χ0n) is 30.4. The van der Waals surface area contributed by atoms with E-state index in [2.05, 4.69) is 214 Å². The maximum Gasteiger partial charge on any atom is 0.133 e. The van der Waals surface area contributed by atoms with Crippen molar-refractivity contribution >= 4 is 32.9 Å². The van der Waals surface area contributed by atoms with Crippen LogP contribution in [-0.2, 0) is 23.7 Å². The largest absolute Gasteiger partial charge is 0.347 e. The molecule has 0 amide bonds. The van der Waals surface area contributed by atoms with Gasteiger partial charge >= 0.3 is 0 Å². The van der Waals surface area contributed by atoms with Crippen LogP contribution in [0, 0.1) is 0 Å². The van der Waals surface area contributed by atoms with E-state index in [1.165, 1.54) is 60.9 Å². The number of hydrogen-bond acceptors (Lipinski definition) is 1. The van der Waals surface area contributed by atoms with E-state index in [0.29, 0.717) is 0 Å². The Balaban J connectivity index is 1.15. The predicted molar refractivity (Wildman–Crippen MR) is 219 cm³/mol. The van der Waals surface area contributed by atoms with Gasteiger partial charge in [0.25, 0.3) is 0 Å². The number of allylic oxidation sites excluding steroid dienone is 8. The highest BCUT2D eigenvalue weighted by molar-refractivity contribution is 5.95. The van der Waals surface area contributed by atoms with Gasteiger partial charge in [0.15, 0.2) is 0 Å². The molecule has 1 aliphatic rings. The van der Waals surface area contributed by atoms with Crippen molar-refractivity contribution in [1.29, 1.82) is 0 Å². The minimum absolute atomic E-state index is 0.0793. The Morgan fingerprint density at radius 1 is 0.647 bits per heavy atom. The summed E-state index contributed by atoms with van der Waals surface area (Å²) in [7, 11) is 4.37. The average Bonchev–Trinajstić information content (AvgIpc) is 3.37. The van der Waals surface area contributed by atoms with E-state index >= 15 is 0 Å². The predicted octanol–water partition coefficient (Wildman–Crippen LogP) is 10.9. The fourth-order valence-corrected chi connectivity index (χ4v) is 8.48. The summed E-state index contributed by atoms with van der Waals surface area (Å²) in [6.07, 6.45) is 18.4. The Morgan fingerprint density at radius 2 is 1.24 bits per heavy atom. The summed E-state index contributed by atoms with van der Waals surface area (Å²) in [6.45, 7) is 4.85. The highest BCUT2D eigenvalue weighted by atomic mass is 15.2. The lowest BCUT2D eigenvalue weighted by molar-refractivity contribution is -0.540. The van der Waals surface area contributed by atoms with Crippen molar-refractivity contribution in [3.8, 4) is 0 Å². The third-order valence-electron chi connectivity index (χ3n) is 10.9.